The Balaban J connectivity index is 0.000000248. The second-order valence-corrected chi connectivity index (χ2v) is 12.9. The van der Waals surface area contributed by atoms with E-state index < -0.39 is 82.8 Å². The maximum atomic E-state index is 13.7. The number of hydrogen-bond acceptors (Lipinski definition) is 8. The van der Waals surface area contributed by atoms with E-state index in [1.54, 1.807) is 0 Å². The molecule has 2 unspecified atom stereocenters. The molecule has 0 bridgehead atoms. The molecule has 312 valence electrons. The Morgan fingerprint density at radius 2 is 0.895 bits per heavy atom. The molecule has 2 aromatic heterocycles. The molecule has 0 radical (unpaired) electrons. The molecule has 0 spiro atoms. The third-order valence-electron chi connectivity index (χ3n) is 8.74. The first-order valence-corrected chi connectivity index (χ1v) is 16.4. The van der Waals surface area contributed by atoms with Crippen LogP contribution >= 0.6 is 0 Å². The first-order valence-electron chi connectivity index (χ1n) is 16.4. The molecule has 2 aliphatic heterocycles. The third-order valence-corrected chi connectivity index (χ3v) is 8.74. The minimum atomic E-state index is -4.64. The molecular formula is C33H34F12N10O2. The molecule has 0 saturated heterocycles. The van der Waals surface area contributed by atoms with Gasteiger partial charge in [-0.05, 0) is 36.1 Å². The summed E-state index contributed by atoms with van der Waals surface area (Å²) in [6.45, 7) is -0.604. The number of nitrogens with two attached hydrogens (primary N) is 2. The standard InChI is InChI=1S/2C16H15F6N5O.CH4/c2*17-10-6-12(19)11(18)4-8(10)3-9(23)5-14(28)26-1-2-27-13(7-26)24-25-15(27)16(20,21)22;/h2*4,6,9H,1-3,5,7,23H2;1H4. The van der Waals surface area contributed by atoms with Crippen LogP contribution in [0.15, 0.2) is 24.3 Å². The number of carbonyl (C=O) groups is 2. The molecule has 2 atom stereocenters. The normalized spacial score (nSPS) is 15.2. The first kappa shape index (κ1) is 44.5. The number of aromatic nitrogens is 6. The highest BCUT2D eigenvalue weighted by Gasteiger charge is 2.41. The molecule has 4 N–H and O–H groups in total. The number of halogens is 12. The average Bonchev–Trinajstić information content (AvgIpc) is 3.74. The number of carbonyl (C=O) groups excluding carboxylic acids is 2. The number of benzene rings is 2. The average molecular weight is 831 g/mol. The molecule has 2 amide bonds. The topological polar surface area (TPSA) is 154 Å². The van der Waals surface area contributed by atoms with Gasteiger partial charge < -0.3 is 30.4 Å². The monoisotopic (exact) mass is 830 g/mol. The van der Waals surface area contributed by atoms with E-state index >= 15 is 0 Å². The van der Waals surface area contributed by atoms with Crippen molar-refractivity contribution in [3.8, 4) is 0 Å². The molecule has 2 aliphatic rings. The van der Waals surface area contributed by atoms with Gasteiger partial charge in [0, 0.05) is 63.2 Å². The Morgan fingerprint density at radius 1 is 0.561 bits per heavy atom. The van der Waals surface area contributed by atoms with Crippen molar-refractivity contribution in [2.24, 2.45) is 11.5 Å². The van der Waals surface area contributed by atoms with Crippen molar-refractivity contribution in [2.45, 2.75) is 83.7 Å². The number of hydrogen-bond donors (Lipinski definition) is 2. The van der Waals surface area contributed by atoms with Crippen molar-refractivity contribution >= 4 is 11.8 Å². The van der Waals surface area contributed by atoms with Gasteiger partial charge in [0.25, 0.3) is 0 Å². The van der Waals surface area contributed by atoms with Gasteiger partial charge in [0.15, 0.2) is 34.9 Å². The van der Waals surface area contributed by atoms with Gasteiger partial charge in [-0.15, -0.1) is 20.4 Å². The highest BCUT2D eigenvalue weighted by Crippen LogP contribution is 2.31. The van der Waals surface area contributed by atoms with Crippen LogP contribution in [0.25, 0.3) is 0 Å². The van der Waals surface area contributed by atoms with Crippen molar-refractivity contribution in [2.75, 3.05) is 13.1 Å². The molecule has 0 aliphatic carbocycles. The molecule has 24 heteroatoms. The minimum absolute atomic E-state index is 0. The van der Waals surface area contributed by atoms with Gasteiger partial charge in [0.1, 0.15) is 11.6 Å². The van der Waals surface area contributed by atoms with Crippen molar-refractivity contribution in [1.29, 1.82) is 0 Å². The van der Waals surface area contributed by atoms with Gasteiger partial charge in [-0.2, -0.15) is 26.3 Å². The summed E-state index contributed by atoms with van der Waals surface area (Å²) < 4.78 is 159. The molecule has 4 aromatic rings. The molecule has 0 saturated carbocycles. The Morgan fingerprint density at radius 3 is 1.23 bits per heavy atom. The molecule has 6 rings (SSSR count). The number of fused-ring (bicyclic) bond motifs is 2. The van der Waals surface area contributed by atoms with E-state index in [0.717, 1.165) is 9.13 Å². The molecule has 2 aromatic carbocycles. The van der Waals surface area contributed by atoms with Gasteiger partial charge in [0.05, 0.1) is 13.1 Å². The summed E-state index contributed by atoms with van der Waals surface area (Å²) >= 11 is 0. The van der Waals surface area contributed by atoms with E-state index in [9.17, 15) is 62.3 Å². The van der Waals surface area contributed by atoms with E-state index in [-0.39, 0.29) is 95.2 Å². The molecule has 12 nitrogen and oxygen atoms in total. The van der Waals surface area contributed by atoms with Gasteiger partial charge in [-0.1, -0.05) is 7.43 Å². The Kier molecular flexibility index (Phi) is 13.6. The molecule has 0 fully saturated rings. The third kappa shape index (κ3) is 10.6. The van der Waals surface area contributed by atoms with E-state index in [2.05, 4.69) is 20.4 Å². The zero-order chi connectivity index (χ0) is 41.3. The number of amides is 2. The van der Waals surface area contributed by atoms with E-state index in [4.69, 9.17) is 11.5 Å². The lowest BCUT2D eigenvalue weighted by Gasteiger charge is -2.29. The lowest BCUT2D eigenvalue weighted by Crippen LogP contribution is -2.42. The number of alkyl halides is 6. The van der Waals surface area contributed by atoms with Crippen LogP contribution in [-0.2, 0) is 61.0 Å². The van der Waals surface area contributed by atoms with Crippen molar-refractivity contribution < 1.29 is 62.3 Å². The predicted octanol–water partition coefficient (Wildman–Crippen LogP) is 4.67. The van der Waals surface area contributed by atoms with Crippen LogP contribution in [0.4, 0.5) is 52.7 Å². The van der Waals surface area contributed by atoms with E-state index in [1.807, 2.05) is 0 Å². The van der Waals surface area contributed by atoms with E-state index in [1.165, 1.54) is 9.80 Å². The van der Waals surface area contributed by atoms with Crippen LogP contribution < -0.4 is 11.5 Å². The summed E-state index contributed by atoms with van der Waals surface area (Å²) in [5.41, 5.74) is 11.3. The SMILES string of the molecule is C.NC(CC(=O)N1CCn2c(nnc2C(F)(F)F)C1)Cc1cc(F)c(F)cc1F.NC(CC(=O)N1CCn2c(nnc2C(F)(F)F)C1)Cc1cc(F)c(F)cc1F. The van der Waals surface area contributed by atoms with Crippen molar-refractivity contribution in [1.82, 2.24) is 39.3 Å². The fourth-order valence-electron chi connectivity index (χ4n) is 6.02. The van der Waals surface area contributed by atoms with Gasteiger partial charge in [-0.25, -0.2) is 26.3 Å². The molecule has 4 heterocycles. The highest BCUT2D eigenvalue weighted by atomic mass is 19.4. The Bertz CT molecular complexity index is 1940. The fourth-order valence-corrected chi connectivity index (χ4v) is 6.02. The summed E-state index contributed by atoms with van der Waals surface area (Å²) in [4.78, 5) is 27.3. The maximum absolute atomic E-state index is 13.7. The van der Waals surface area contributed by atoms with Crippen LogP contribution in [0, 0.1) is 34.9 Å². The van der Waals surface area contributed by atoms with Crippen molar-refractivity contribution in [3.05, 3.63) is 93.6 Å². The van der Waals surface area contributed by atoms with Gasteiger partial charge in [0.2, 0.25) is 23.5 Å². The van der Waals surface area contributed by atoms with Crippen LogP contribution in [0.1, 0.15) is 54.7 Å². The minimum Gasteiger partial charge on any atom is -0.333 e. The van der Waals surface area contributed by atoms with Crippen LogP contribution in [0.5, 0.6) is 0 Å². The molecule has 57 heavy (non-hydrogen) atoms. The van der Waals surface area contributed by atoms with Crippen LogP contribution in [0.2, 0.25) is 0 Å². The lowest BCUT2D eigenvalue weighted by atomic mass is 10.0. The summed E-state index contributed by atoms with van der Waals surface area (Å²) in [5.74, 6) is -10.3. The summed E-state index contributed by atoms with van der Waals surface area (Å²) in [7, 11) is 0. The summed E-state index contributed by atoms with van der Waals surface area (Å²) in [6.07, 6.45) is -10.2. The fraction of sp³-hybridized carbons (Fsp3) is 0.455. The Hall–Kier alpha value is -5.26. The molecular weight excluding hydrogens is 796 g/mol. The van der Waals surface area contributed by atoms with Gasteiger partial charge >= 0.3 is 12.4 Å². The predicted molar refractivity (Wildman–Crippen MR) is 173 cm³/mol. The first-order chi connectivity index (χ1) is 26.1. The maximum Gasteiger partial charge on any atom is 0.451 e. The van der Waals surface area contributed by atoms with Gasteiger partial charge in [-0.3, -0.25) is 9.59 Å². The largest absolute Gasteiger partial charge is 0.451 e. The second-order valence-electron chi connectivity index (χ2n) is 12.9. The number of nitrogens with zero attached hydrogens (tertiary/aromatic N) is 8. The smallest absolute Gasteiger partial charge is 0.333 e. The van der Waals surface area contributed by atoms with Crippen LogP contribution in [0.3, 0.4) is 0 Å². The van der Waals surface area contributed by atoms with Crippen molar-refractivity contribution in [3.63, 3.8) is 0 Å². The highest BCUT2D eigenvalue weighted by molar-refractivity contribution is 5.77. The van der Waals surface area contributed by atoms with E-state index in [0.29, 0.717) is 24.3 Å². The number of rotatable bonds is 8. The Labute approximate surface area is 315 Å². The zero-order valence-corrected chi connectivity index (χ0v) is 28.6. The zero-order valence-electron chi connectivity index (χ0n) is 28.6. The lowest BCUT2D eigenvalue weighted by molar-refractivity contribution is -0.149. The quantitative estimate of drug-likeness (QED) is 0.192. The summed E-state index contributed by atoms with van der Waals surface area (Å²) in [6, 6.07) is 0.368. The van der Waals surface area contributed by atoms with Crippen LogP contribution in [-0.4, -0.2) is 76.3 Å². The summed E-state index contributed by atoms with van der Waals surface area (Å²) in [5, 5.41) is 13.2. The second kappa shape index (κ2) is 17.5.